The van der Waals surface area contributed by atoms with Crippen LogP contribution in [0.3, 0.4) is 0 Å². The predicted molar refractivity (Wildman–Crippen MR) is 104 cm³/mol. The number of carbonyl (C=O) groups excluding carboxylic acids is 1. The number of aromatic nitrogens is 2. The molecule has 6 nitrogen and oxygen atoms in total. The van der Waals surface area contributed by atoms with E-state index in [9.17, 15) is 9.59 Å². The fourth-order valence-electron chi connectivity index (χ4n) is 4.64. The Hall–Kier alpha value is -2.47. The number of hydrogen-bond acceptors (Lipinski definition) is 4. The van der Waals surface area contributed by atoms with Crippen LogP contribution in [0, 0.1) is 0 Å². The molecular weight excluding hydrogens is 340 g/mol. The first kappa shape index (κ1) is 17.9. The summed E-state index contributed by atoms with van der Waals surface area (Å²) in [5.41, 5.74) is 1.72. The van der Waals surface area contributed by atoms with Crippen LogP contribution in [0.15, 0.2) is 47.3 Å². The lowest BCUT2D eigenvalue weighted by Crippen LogP contribution is -2.52. The molecule has 0 bridgehead atoms. The molecule has 2 aromatic rings. The summed E-state index contributed by atoms with van der Waals surface area (Å²) >= 11 is 0. The van der Waals surface area contributed by atoms with E-state index in [-0.39, 0.29) is 17.0 Å². The molecule has 0 radical (unpaired) electrons. The van der Waals surface area contributed by atoms with Crippen molar-refractivity contribution in [3.8, 4) is 0 Å². The molecule has 0 saturated carbocycles. The zero-order chi connectivity index (χ0) is 19.0. The van der Waals surface area contributed by atoms with E-state index in [1.165, 1.54) is 22.4 Å². The summed E-state index contributed by atoms with van der Waals surface area (Å²) in [4.78, 5) is 28.6. The molecule has 2 saturated heterocycles. The Morgan fingerprint density at radius 2 is 1.78 bits per heavy atom. The minimum absolute atomic E-state index is 0.0827. The Bertz CT molecular complexity index is 885. The van der Waals surface area contributed by atoms with Gasteiger partial charge in [-0.25, -0.2) is 4.68 Å². The summed E-state index contributed by atoms with van der Waals surface area (Å²) in [6, 6.07) is 13.7. The Morgan fingerprint density at radius 1 is 1.07 bits per heavy atom. The van der Waals surface area contributed by atoms with Crippen LogP contribution >= 0.6 is 0 Å². The van der Waals surface area contributed by atoms with E-state index < -0.39 is 0 Å². The van der Waals surface area contributed by atoms with Crippen molar-refractivity contribution in [2.45, 2.75) is 30.7 Å². The molecule has 2 fully saturated rings. The van der Waals surface area contributed by atoms with Crippen molar-refractivity contribution >= 4 is 5.91 Å². The second kappa shape index (κ2) is 6.93. The zero-order valence-corrected chi connectivity index (χ0v) is 16.0. The first-order valence-electron chi connectivity index (χ1n) is 9.58. The van der Waals surface area contributed by atoms with Gasteiger partial charge in [0, 0.05) is 38.3 Å². The van der Waals surface area contributed by atoms with E-state index in [1.54, 1.807) is 7.05 Å². The highest BCUT2D eigenvalue weighted by atomic mass is 16.2. The van der Waals surface area contributed by atoms with Crippen LogP contribution in [-0.2, 0) is 7.05 Å². The van der Waals surface area contributed by atoms with Crippen molar-refractivity contribution in [3.63, 3.8) is 0 Å². The second-order valence-electron chi connectivity index (χ2n) is 7.89. The number of benzene rings is 1. The van der Waals surface area contributed by atoms with Gasteiger partial charge in [0.1, 0.15) is 5.69 Å². The van der Waals surface area contributed by atoms with E-state index in [0.29, 0.717) is 11.6 Å². The monoisotopic (exact) mass is 366 g/mol. The summed E-state index contributed by atoms with van der Waals surface area (Å²) < 4.78 is 1.22. The fourth-order valence-corrected chi connectivity index (χ4v) is 4.64. The number of carbonyl (C=O) groups is 1. The minimum atomic E-state index is -0.205. The van der Waals surface area contributed by atoms with Gasteiger partial charge in [0.25, 0.3) is 11.5 Å². The fraction of sp³-hybridized carbons (Fsp3) is 0.476. The Kier molecular flexibility index (Phi) is 4.60. The van der Waals surface area contributed by atoms with Crippen LogP contribution in [0.4, 0.5) is 0 Å². The van der Waals surface area contributed by atoms with Gasteiger partial charge in [-0.2, -0.15) is 5.10 Å². The van der Waals surface area contributed by atoms with E-state index in [4.69, 9.17) is 0 Å². The quantitative estimate of drug-likeness (QED) is 0.814. The molecule has 27 heavy (non-hydrogen) atoms. The Balaban J connectivity index is 1.44. The molecule has 0 unspecified atom stereocenters. The summed E-state index contributed by atoms with van der Waals surface area (Å²) in [6.45, 7) is 2.53. The van der Waals surface area contributed by atoms with Crippen molar-refractivity contribution < 1.29 is 4.79 Å². The molecule has 0 N–H and O–H groups in total. The molecule has 6 heteroatoms. The molecule has 2 aliphatic heterocycles. The summed E-state index contributed by atoms with van der Waals surface area (Å²) in [6.07, 6.45) is 3.10. The van der Waals surface area contributed by atoms with Crippen LogP contribution in [0.2, 0.25) is 0 Å². The van der Waals surface area contributed by atoms with Gasteiger partial charge >= 0.3 is 0 Å². The topological polar surface area (TPSA) is 58.4 Å². The van der Waals surface area contributed by atoms with Crippen molar-refractivity contribution in [1.29, 1.82) is 0 Å². The standard InChI is InChI=1S/C21H26N4O2/c1-23-15-17(16-6-4-3-5-7-16)14-21(23)10-12-25(13-11-21)20(27)18-8-9-19(26)24(2)22-18/h3-9,17H,10-15H2,1-2H3/t17-/m0/s1. The average Bonchev–Trinajstić information content (AvgIpc) is 3.01. The Labute approximate surface area is 159 Å². The van der Waals surface area contributed by atoms with Crippen LogP contribution < -0.4 is 5.56 Å². The number of nitrogens with zero attached hydrogens (tertiary/aromatic N) is 4. The maximum Gasteiger partial charge on any atom is 0.274 e. The third-order valence-electron chi connectivity index (χ3n) is 6.36. The van der Waals surface area contributed by atoms with E-state index in [2.05, 4.69) is 47.4 Å². The summed E-state index contributed by atoms with van der Waals surface area (Å²) in [5, 5.41) is 4.11. The van der Waals surface area contributed by atoms with E-state index in [0.717, 1.165) is 38.9 Å². The number of rotatable bonds is 2. The van der Waals surface area contributed by atoms with Crippen molar-refractivity contribution in [2.24, 2.45) is 7.05 Å². The first-order chi connectivity index (χ1) is 13.0. The third kappa shape index (κ3) is 3.30. The van der Waals surface area contributed by atoms with Crippen LogP contribution in [0.25, 0.3) is 0 Å². The molecule has 1 amide bonds. The van der Waals surface area contributed by atoms with Gasteiger partial charge in [0.05, 0.1) is 0 Å². The number of likely N-dealkylation sites (tertiary alicyclic amines) is 2. The molecule has 4 rings (SSSR count). The highest BCUT2D eigenvalue weighted by Crippen LogP contribution is 2.44. The lowest BCUT2D eigenvalue weighted by atomic mass is 9.81. The van der Waals surface area contributed by atoms with E-state index >= 15 is 0 Å². The molecule has 1 spiro atoms. The largest absolute Gasteiger partial charge is 0.337 e. The summed E-state index contributed by atoms with van der Waals surface area (Å²) in [7, 11) is 3.79. The predicted octanol–water partition coefficient (Wildman–Crippen LogP) is 1.87. The SMILES string of the molecule is CN1C[C@@H](c2ccccc2)CC12CCN(C(=O)c1ccc(=O)n(C)n1)CC2. The molecule has 2 aliphatic rings. The molecule has 1 aromatic heterocycles. The van der Waals surface area contributed by atoms with Crippen molar-refractivity contribution in [1.82, 2.24) is 19.6 Å². The Morgan fingerprint density at radius 3 is 2.44 bits per heavy atom. The van der Waals surface area contributed by atoms with Crippen molar-refractivity contribution in [3.05, 3.63) is 64.1 Å². The smallest absolute Gasteiger partial charge is 0.274 e. The molecule has 3 heterocycles. The van der Waals surface area contributed by atoms with Gasteiger partial charge < -0.3 is 4.90 Å². The second-order valence-corrected chi connectivity index (χ2v) is 7.89. The van der Waals surface area contributed by atoms with E-state index in [1.807, 2.05) is 4.90 Å². The normalized spacial score (nSPS) is 22.3. The zero-order valence-electron chi connectivity index (χ0n) is 16.0. The number of piperidine rings is 1. The number of amides is 1. The van der Waals surface area contributed by atoms with Gasteiger partial charge in [0.2, 0.25) is 0 Å². The molecule has 1 aromatic carbocycles. The first-order valence-corrected chi connectivity index (χ1v) is 9.58. The lowest BCUT2D eigenvalue weighted by molar-refractivity contribution is 0.0485. The van der Waals surface area contributed by atoms with Gasteiger partial charge in [-0.1, -0.05) is 30.3 Å². The molecule has 142 valence electrons. The number of hydrogen-bond donors (Lipinski definition) is 0. The average molecular weight is 366 g/mol. The molecule has 1 atom stereocenters. The maximum absolute atomic E-state index is 12.8. The number of likely N-dealkylation sites (N-methyl/N-ethyl adjacent to an activating group) is 1. The minimum Gasteiger partial charge on any atom is -0.337 e. The third-order valence-corrected chi connectivity index (χ3v) is 6.36. The van der Waals surface area contributed by atoms with Gasteiger partial charge in [-0.15, -0.1) is 0 Å². The van der Waals surface area contributed by atoms with Gasteiger partial charge in [-0.3, -0.25) is 14.5 Å². The lowest BCUT2D eigenvalue weighted by Gasteiger charge is -2.43. The maximum atomic E-state index is 12.8. The van der Waals surface area contributed by atoms with Gasteiger partial charge in [0.15, 0.2) is 0 Å². The van der Waals surface area contributed by atoms with Crippen LogP contribution in [0.5, 0.6) is 0 Å². The highest BCUT2D eigenvalue weighted by Gasteiger charge is 2.46. The van der Waals surface area contributed by atoms with Crippen LogP contribution in [-0.4, -0.2) is 57.7 Å². The van der Waals surface area contributed by atoms with Crippen molar-refractivity contribution in [2.75, 3.05) is 26.7 Å². The molecule has 0 aliphatic carbocycles. The molecular formula is C21H26N4O2. The van der Waals surface area contributed by atoms with Gasteiger partial charge in [-0.05, 0) is 43.9 Å². The number of aryl methyl sites for hydroxylation is 1. The highest BCUT2D eigenvalue weighted by molar-refractivity contribution is 5.92. The van der Waals surface area contributed by atoms with Crippen LogP contribution in [0.1, 0.15) is 41.2 Å². The summed E-state index contributed by atoms with van der Waals surface area (Å²) in [5.74, 6) is 0.476.